The van der Waals surface area contributed by atoms with Gasteiger partial charge in [-0.3, -0.25) is 0 Å². The van der Waals surface area contributed by atoms with E-state index in [1.54, 1.807) is 12.3 Å². The van der Waals surface area contributed by atoms with Crippen LogP contribution in [0, 0.1) is 0 Å². The van der Waals surface area contributed by atoms with Crippen LogP contribution in [0.25, 0.3) is 0 Å². The molecule has 4 heteroatoms. The SMILES string of the molecule is CC(C)(C)c1ccnc(Br)c1C(=O)O. The van der Waals surface area contributed by atoms with E-state index in [9.17, 15) is 4.79 Å². The largest absolute Gasteiger partial charge is 0.478 e. The third kappa shape index (κ3) is 2.12. The van der Waals surface area contributed by atoms with Crippen LogP contribution in [-0.4, -0.2) is 16.1 Å². The van der Waals surface area contributed by atoms with E-state index < -0.39 is 5.97 Å². The lowest BCUT2D eigenvalue weighted by Gasteiger charge is -2.21. The first kappa shape index (κ1) is 11.2. The summed E-state index contributed by atoms with van der Waals surface area (Å²) in [6.45, 7) is 5.92. The molecule has 0 aliphatic heterocycles. The van der Waals surface area contributed by atoms with E-state index in [1.165, 1.54) is 0 Å². The normalized spacial score (nSPS) is 11.4. The lowest BCUT2D eigenvalue weighted by Crippen LogP contribution is -2.17. The number of carboxylic acids is 1. The van der Waals surface area contributed by atoms with Gasteiger partial charge in [-0.2, -0.15) is 0 Å². The summed E-state index contributed by atoms with van der Waals surface area (Å²) in [4.78, 5) is 14.9. The van der Waals surface area contributed by atoms with Gasteiger partial charge in [0.25, 0.3) is 0 Å². The minimum atomic E-state index is -0.949. The minimum Gasteiger partial charge on any atom is -0.478 e. The zero-order valence-corrected chi connectivity index (χ0v) is 9.92. The van der Waals surface area contributed by atoms with Crippen LogP contribution in [0.15, 0.2) is 16.9 Å². The van der Waals surface area contributed by atoms with Gasteiger partial charge in [0.15, 0.2) is 0 Å². The van der Waals surface area contributed by atoms with Gasteiger partial charge in [0.2, 0.25) is 0 Å². The van der Waals surface area contributed by atoms with Crippen LogP contribution >= 0.6 is 15.9 Å². The Labute approximate surface area is 91.3 Å². The highest BCUT2D eigenvalue weighted by molar-refractivity contribution is 9.10. The molecule has 0 atom stereocenters. The summed E-state index contributed by atoms with van der Waals surface area (Å²) in [5.74, 6) is -0.949. The van der Waals surface area contributed by atoms with E-state index in [-0.39, 0.29) is 11.0 Å². The molecule has 1 heterocycles. The summed E-state index contributed by atoms with van der Waals surface area (Å²) < 4.78 is 0.387. The summed E-state index contributed by atoms with van der Waals surface area (Å²) >= 11 is 3.15. The Balaban J connectivity index is 3.44. The molecule has 76 valence electrons. The molecule has 0 saturated carbocycles. The predicted molar refractivity (Wildman–Crippen MR) is 57.6 cm³/mol. The predicted octanol–water partition coefficient (Wildman–Crippen LogP) is 2.84. The van der Waals surface area contributed by atoms with Crippen LogP contribution in [0.3, 0.4) is 0 Å². The number of halogens is 1. The molecule has 0 amide bonds. The van der Waals surface area contributed by atoms with Crippen LogP contribution in [0.5, 0.6) is 0 Å². The molecule has 3 nitrogen and oxygen atoms in total. The Hall–Kier alpha value is -0.900. The zero-order valence-electron chi connectivity index (χ0n) is 8.34. The molecular weight excluding hydrogens is 246 g/mol. The first-order valence-electron chi connectivity index (χ1n) is 4.22. The molecule has 1 aromatic heterocycles. The van der Waals surface area contributed by atoms with Crippen LogP contribution in [0.2, 0.25) is 0 Å². The Morgan fingerprint density at radius 2 is 2.07 bits per heavy atom. The fraction of sp³-hybridized carbons (Fsp3) is 0.400. The van der Waals surface area contributed by atoms with Crippen molar-refractivity contribution in [1.29, 1.82) is 0 Å². The van der Waals surface area contributed by atoms with Gasteiger partial charge in [0.05, 0.1) is 5.56 Å². The smallest absolute Gasteiger partial charge is 0.338 e. The second kappa shape index (κ2) is 3.69. The lowest BCUT2D eigenvalue weighted by atomic mass is 9.85. The minimum absolute atomic E-state index is 0.195. The molecule has 0 saturated heterocycles. The van der Waals surface area contributed by atoms with Crippen LogP contribution in [0.4, 0.5) is 0 Å². The second-order valence-corrected chi connectivity index (χ2v) is 4.83. The number of carboxylic acid groups (broad SMARTS) is 1. The van der Waals surface area contributed by atoms with E-state index in [0.717, 1.165) is 5.56 Å². The van der Waals surface area contributed by atoms with Gasteiger partial charge in [-0.1, -0.05) is 20.8 Å². The highest BCUT2D eigenvalue weighted by Crippen LogP contribution is 2.29. The van der Waals surface area contributed by atoms with Gasteiger partial charge in [0, 0.05) is 6.20 Å². The van der Waals surface area contributed by atoms with Crippen LogP contribution in [0.1, 0.15) is 36.7 Å². The molecule has 1 N–H and O–H groups in total. The molecule has 0 aromatic carbocycles. The van der Waals surface area contributed by atoms with Gasteiger partial charge in [-0.15, -0.1) is 0 Å². The summed E-state index contributed by atoms with van der Waals surface area (Å²) in [6.07, 6.45) is 1.61. The van der Waals surface area contributed by atoms with Crippen molar-refractivity contribution in [3.8, 4) is 0 Å². The number of hydrogen-bond donors (Lipinski definition) is 1. The number of aromatic nitrogens is 1. The van der Waals surface area contributed by atoms with Crippen molar-refractivity contribution in [2.75, 3.05) is 0 Å². The molecule has 0 fully saturated rings. The number of hydrogen-bond acceptors (Lipinski definition) is 2. The third-order valence-corrected chi connectivity index (χ3v) is 2.53. The third-order valence-electron chi connectivity index (χ3n) is 1.93. The molecule has 0 aliphatic rings. The highest BCUT2D eigenvalue weighted by atomic mass is 79.9. The number of rotatable bonds is 1. The summed E-state index contributed by atoms with van der Waals surface area (Å²) in [7, 11) is 0. The monoisotopic (exact) mass is 257 g/mol. The average Bonchev–Trinajstić information content (AvgIpc) is 2.01. The molecule has 0 unspecified atom stereocenters. The zero-order chi connectivity index (χ0) is 10.9. The molecule has 0 radical (unpaired) electrons. The quantitative estimate of drug-likeness (QED) is 0.788. The summed E-state index contributed by atoms with van der Waals surface area (Å²) in [5, 5.41) is 9.04. The Kier molecular flexibility index (Phi) is 2.95. The molecule has 0 spiro atoms. The Morgan fingerprint density at radius 1 is 1.50 bits per heavy atom. The van der Waals surface area contributed by atoms with Gasteiger partial charge >= 0.3 is 5.97 Å². The first-order chi connectivity index (χ1) is 6.34. The average molecular weight is 258 g/mol. The van der Waals surface area contributed by atoms with E-state index in [2.05, 4.69) is 20.9 Å². The number of pyridine rings is 1. The van der Waals surface area contributed by atoms with Gasteiger partial charge in [0.1, 0.15) is 4.60 Å². The highest BCUT2D eigenvalue weighted by Gasteiger charge is 2.23. The van der Waals surface area contributed by atoms with E-state index in [0.29, 0.717) is 4.60 Å². The molecule has 0 bridgehead atoms. The van der Waals surface area contributed by atoms with Crippen molar-refractivity contribution in [3.63, 3.8) is 0 Å². The summed E-state index contributed by atoms with van der Waals surface area (Å²) in [5.41, 5.74) is 0.839. The van der Waals surface area contributed by atoms with Gasteiger partial charge in [-0.25, -0.2) is 9.78 Å². The van der Waals surface area contributed by atoms with Crippen molar-refractivity contribution in [1.82, 2.24) is 4.98 Å². The molecule has 0 aliphatic carbocycles. The first-order valence-corrected chi connectivity index (χ1v) is 5.01. The fourth-order valence-electron chi connectivity index (χ4n) is 1.26. The maximum atomic E-state index is 11.0. The summed E-state index contributed by atoms with van der Waals surface area (Å²) in [6, 6.07) is 1.74. The van der Waals surface area contributed by atoms with Crippen molar-refractivity contribution >= 4 is 21.9 Å². The second-order valence-electron chi connectivity index (χ2n) is 4.08. The standard InChI is InChI=1S/C10H12BrNO2/c1-10(2,3)6-4-5-12-8(11)7(6)9(13)14/h4-5H,1-3H3,(H,13,14). The fourth-order valence-corrected chi connectivity index (χ4v) is 1.77. The number of carbonyl (C=O) groups is 1. The van der Waals surface area contributed by atoms with Crippen LogP contribution < -0.4 is 0 Å². The topological polar surface area (TPSA) is 50.2 Å². The van der Waals surface area contributed by atoms with Crippen molar-refractivity contribution in [2.45, 2.75) is 26.2 Å². The molecular formula is C10H12BrNO2. The van der Waals surface area contributed by atoms with E-state index in [4.69, 9.17) is 5.11 Å². The molecule has 1 rings (SSSR count). The Morgan fingerprint density at radius 3 is 2.43 bits per heavy atom. The van der Waals surface area contributed by atoms with E-state index in [1.807, 2.05) is 20.8 Å². The van der Waals surface area contributed by atoms with Gasteiger partial charge in [-0.05, 0) is 33.0 Å². The number of nitrogens with zero attached hydrogens (tertiary/aromatic N) is 1. The number of aromatic carboxylic acids is 1. The Bertz CT molecular complexity index is 369. The van der Waals surface area contributed by atoms with Crippen LogP contribution in [-0.2, 0) is 5.41 Å². The molecule has 1 aromatic rings. The van der Waals surface area contributed by atoms with Gasteiger partial charge < -0.3 is 5.11 Å². The maximum Gasteiger partial charge on any atom is 0.338 e. The van der Waals surface area contributed by atoms with Crippen molar-refractivity contribution in [2.24, 2.45) is 0 Å². The maximum absolute atomic E-state index is 11.0. The van der Waals surface area contributed by atoms with Crippen molar-refractivity contribution in [3.05, 3.63) is 28.0 Å². The van der Waals surface area contributed by atoms with Crippen molar-refractivity contribution < 1.29 is 9.90 Å². The lowest BCUT2D eigenvalue weighted by molar-refractivity contribution is 0.0692. The van der Waals surface area contributed by atoms with E-state index >= 15 is 0 Å². The molecule has 14 heavy (non-hydrogen) atoms.